The van der Waals surface area contributed by atoms with E-state index >= 15 is 0 Å². The minimum absolute atomic E-state index is 0.726. The molecule has 0 bridgehead atoms. The third-order valence-electron chi connectivity index (χ3n) is 4.10. The highest BCUT2D eigenvalue weighted by Crippen LogP contribution is 2.31. The lowest BCUT2D eigenvalue weighted by Crippen LogP contribution is -2.19. The average molecular weight is 287 g/mol. The van der Waals surface area contributed by atoms with Crippen molar-refractivity contribution >= 4 is 22.8 Å². The Morgan fingerprint density at radius 2 is 1.95 bits per heavy atom. The van der Waals surface area contributed by atoms with E-state index in [-0.39, 0.29) is 0 Å². The van der Waals surface area contributed by atoms with E-state index in [1.807, 2.05) is 29.4 Å². The molecule has 0 aliphatic carbocycles. The van der Waals surface area contributed by atoms with Gasteiger partial charge in [0.15, 0.2) is 0 Å². The molecule has 1 aliphatic rings. The molecule has 0 fully saturated rings. The molecule has 3 heteroatoms. The van der Waals surface area contributed by atoms with Crippen molar-refractivity contribution in [3.63, 3.8) is 0 Å². The van der Waals surface area contributed by atoms with Crippen molar-refractivity contribution in [2.45, 2.75) is 13.5 Å². The van der Waals surface area contributed by atoms with Crippen molar-refractivity contribution in [3.8, 4) is 0 Å². The highest BCUT2D eigenvalue weighted by atomic mass is 15.5. The SMILES string of the molecule is C=C1c2[nH]c3cc(C)ccc3c2C=NN1Cc1ccccc1. The fourth-order valence-electron chi connectivity index (χ4n) is 2.91. The molecule has 3 nitrogen and oxygen atoms in total. The van der Waals surface area contributed by atoms with Crippen molar-refractivity contribution in [2.75, 3.05) is 0 Å². The number of nitrogens with one attached hydrogen (secondary N) is 1. The average Bonchev–Trinajstić information content (AvgIpc) is 2.89. The number of benzene rings is 2. The number of rotatable bonds is 2. The Hall–Kier alpha value is -2.81. The lowest BCUT2D eigenvalue weighted by atomic mass is 10.1. The predicted molar refractivity (Wildman–Crippen MR) is 91.6 cm³/mol. The van der Waals surface area contributed by atoms with Crippen LogP contribution in [0, 0.1) is 6.92 Å². The first kappa shape index (κ1) is 12.9. The van der Waals surface area contributed by atoms with Crippen LogP contribution in [-0.4, -0.2) is 16.2 Å². The molecular formula is C19H17N3. The van der Waals surface area contributed by atoms with E-state index < -0.39 is 0 Å². The van der Waals surface area contributed by atoms with Gasteiger partial charge in [0.2, 0.25) is 0 Å². The van der Waals surface area contributed by atoms with E-state index in [1.165, 1.54) is 16.5 Å². The number of aromatic amines is 1. The van der Waals surface area contributed by atoms with Crippen LogP contribution in [0.3, 0.4) is 0 Å². The quantitative estimate of drug-likeness (QED) is 0.748. The molecule has 3 aromatic rings. The van der Waals surface area contributed by atoms with Crippen LogP contribution >= 0.6 is 0 Å². The Morgan fingerprint density at radius 3 is 2.77 bits per heavy atom. The van der Waals surface area contributed by atoms with Crippen molar-refractivity contribution in [3.05, 3.63) is 77.5 Å². The Labute approximate surface area is 129 Å². The van der Waals surface area contributed by atoms with Gasteiger partial charge in [0, 0.05) is 16.5 Å². The lowest BCUT2D eigenvalue weighted by molar-refractivity contribution is 0.414. The summed E-state index contributed by atoms with van der Waals surface area (Å²) in [5, 5.41) is 7.72. The maximum atomic E-state index is 4.58. The van der Waals surface area contributed by atoms with Crippen molar-refractivity contribution < 1.29 is 0 Å². The fourth-order valence-corrected chi connectivity index (χ4v) is 2.91. The van der Waals surface area contributed by atoms with Crippen LogP contribution < -0.4 is 0 Å². The molecule has 0 saturated heterocycles. The van der Waals surface area contributed by atoms with Gasteiger partial charge >= 0.3 is 0 Å². The molecule has 0 radical (unpaired) electrons. The van der Waals surface area contributed by atoms with Crippen LogP contribution in [0.15, 0.2) is 60.2 Å². The summed E-state index contributed by atoms with van der Waals surface area (Å²) < 4.78 is 0. The van der Waals surface area contributed by atoms with Gasteiger partial charge in [0.25, 0.3) is 0 Å². The van der Waals surface area contributed by atoms with Crippen LogP contribution in [0.5, 0.6) is 0 Å². The normalized spacial score (nSPS) is 13.7. The largest absolute Gasteiger partial charge is 0.353 e. The summed E-state index contributed by atoms with van der Waals surface area (Å²) in [6.07, 6.45) is 1.93. The number of fused-ring (bicyclic) bond motifs is 3. The number of nitrogens with zero attached hydrogens (tertiary/aromatic N) is 2. The summed E-state index contributed by atoms with van der Waals surface area (Å²) >= 11 is 0. The van der Waals surface area contributed by atoms with E-state index in [0.717, 1.165) is 29.0 Å². The Balaban J connectivity index is 1.73. The van der Waals surface area contributed by atoms with E-state index in [0.29, 0.717) is 0 Å². The molecule has 108 valence electrons. The molecular weight excluding hydrogens is 270 g/mol. The molecule has 1 N–H and O–H groups in total. The zero-order chi connectivity index (χ0) is 15.1. The van der Waals surface area contributed by atoms with Gasteiger partial charge in [-0.25, -0.2) is 0 Å². The van der Waals surface area contributed by atoms with Crippen molar-refractivity contribution in [2.24, 2.45) is 5.10 Å². The number of hydrogen-bond donors (Lipinski definition) is 1. The first-order valence-corrected chi connectivity index (χ1v) is 7.39. The number of aryl methyl sites for hydroxylation is 1. The van der Waals surface area contributed by atoms with Gasteiger partial charge in [-0.3, -0.25) is 5.01 Å². The molecule has 0 unspecified atom stereocenters. The van der Waals surface area contributed by atoms with Gasteiger partial charge in [0.05, 0.1) is 24.2 Å². The van der Waals surface area contributed by atoms with Crippen molar-refractivity contribution in [1.29, 1.82) is 0 Å². The van der Waals surface area contributed by atoms with E-state index in [9.17, 15) is 0 Å². The van der Waals surface area contributed by atoms with E-state index in [2.05, 4.69) is 53.9 Å². The van der Waals surface area contributed by atoms with Crippen molar-refractivity contribution in [1.82, 2.24) is 9.99 Å². The summed E-state index contributed by atoms with van der Waals surface area (Å²) in [4.78, 5) is 3.49. The molecule has 4 rings (SSSR count). The third kappa shape index (κ3) is 2.02. The molecule has 2 heterocycles. The molecule has 22 heavy (non-hydrogen) atoms. The summed E-state index contributed by atoms with van der Waals surface area (Å²) in [5.74, 6) is 0. The smallest absolute Gasteiger partial charge is 0.0768 e. The topological polar surface area (TPSA) is 31.4 Å². The highest BCUT2D eigenvalue weighted by Gasteiger charge is 2.21. The van der Waals surface area contributed by atoms with E-state index in [1.54, 1.807) is 0 Å². The zero-order valence-electron chi connectivity index (χ0n) is 12.5. The standard InChI is InChI=1S/C19H17N3/c1-13-8-9-16-17-11-20-22(12-15-6-4-3-5-7-15)14(2)19(17)21-18(16)10-13/h3-11,21H,2,12H2,1H3. The number of aromatic nitrogens is 1. The minimum Gasteiger partial charge on any atom is -0.353 e. The van der Waals surface area contributed by atoms with Crippen LogP contribution in [-0.2, 0) is 6.54 Å². The monoisotopic (exact) mass is 287 g/mol. The molecule has 2 aromatic carbocycles. The Kier molecular flexibility index (Phi) is 2.86. The predicted octanol–water partition coefficient (Wildman–Crippen LogP) is 4.30. The fraction of sp³-hybridized carbons (Fsp3) is 0.105. The second-order valence-corrected chi connectivity index (χ2v) is 5.70. The van der Waals surface area contributed by atoms with Gasteiger partial charge in [-0.1, -0.05) is 49.0 Å². The van der Waals surface area contributed by atoms with E-state index in [4.69, 9.17) is 0 Å². The van der Waals surface area contributed by atoms with Gasteiger partial charge in [0.1, 0.15) is 0 Å². The van der Waals surface area contributed by atoms with Gasteiger partial charge < -0.3 is 4.98 Å². The number of hydrazone groups is 1. The second-order valence-electron chi connectivity index (χ2n) is 5.70. The number of H-pyrrole nitrogens is 1. The summed E-state index contributed by atoms with van der Waals surface area (Å²) in [5.41, 5.74) is 6.70. The van der Waals surface area contributed by atoms with Gasteiger partial charge in [-0.15, -0.1) is 0 Å². The van der Waals surface area contributed by atoms with Crippen LogP contribution in [0.4, 0.5) is 0 Å². The van der Waals surface area contributed by atoms with Gasteiger partial charge in [-0.2, -0.15) is 5.10 Å². The third-order valence-corrected chi connectivity index (χ3v) is 4.10. The lowest BCUT2D eigenvalue weighted by Gasteiger charge is -2.24. The minimum atomic E-state index is 0.726. The summed E-state index contributed by atoms with van der Waals surface area (Å²) in [7, 11) is 0. The zero-order valence-corrected chi connectivity index (χ0v) is 12.5. The second kappa shape index (κ2) is 4.88. The maximum Gasteiger partial charge on any atom is 0.0768 e. The Morgan fingerprint density at radius 1 is 1.14 bits per heavy atom. The molecule has 0 spiro atoms. The molecule has 1 aliphatic heterocycles. The Bertz CT molecular complexity index is 888. The molecule has 0 saturated carbocycles. The van der Waals surface area contributed by atoms with Crippen LogP contribution in [0.2, 0.25) is 0 Å². The highest BCUT2D eigenvalue weighted by molar-refractivity contribution is 6.05. The first-order valence-electron chi connectivity index (χ1n) is 7.39. The molecule has 1 aromatic heterocycles. The van der Waals surface area contributed by atoms with Crippen LogP contribution in [0.25, 0.3) is 16.6 Å². The van der Waals surface area contributed by atoms with Gasteiger partial charge in [-0.05, 0) is 24.1 Å². The van der Waals surface area contributed by atoms with Crippen LogP contribution in [0.1, 0.15) is 22.4 Å². The molecule has 0 amide bonds. The summed E-state index contributed by atoms with van der Waals surface area (Å²) in [6.45, 7) is 7.06. The maximum absolute atomic E-state index is 4.58. The molecule has 0 atom stereocenters. The first-order chi connectivity index (χ1) is 10.7. The number of hydrogen-bond acceptors (Lipinski definition) is 2. The summed E-state index contributed by atoms with van der Waals surface area (Å²) in [6, 6.07) is 16.8.